The molecule has 1 rings (SSSR count). The highest BCUT2D eigenvalue weighted by atomic mass is 35.5. The zero-order chi connectivity index (χ0) is 12.0. The summed E-state index contributed by atoms with van der Waals surface area (Å²) in [6, 6.07) is 4.95. The quantitative estimate of drug-likeness (QED) is 0.840. The number of halogens is 2. The fraction of sp³-hybridized carbons (Fsp3) is 0.182. The summed E-state index contributed by atoms with van der Waals surface area (Å²) in [7, 11) is 0. The molecular weight excluding hydrogens is 249 g/mol. The zero-order valence-corrected chi connectivity index (χ0v) is 9.81. The lowest BCUT2D eigenvalue weighted by atomic mass is 10.3. The number of amides is 1. The summed E-state index contributed by atoms with van der Waals surface area (Å²) in [4.78, 5) is 11.2. The van der Waals surface area contributed by atoms with Gasteiger partial charge in [0.05, 0.1) is 11.6 Å². The Morgan fingerprint density at radius 1 is 1.50 bits per heavy atom. The van der Waals surface area contributed by atoms with E-state index in [1.165, 1.54) is 0 Å². The molecule has 84 valence electrons. The van der Waals surface area contributed by atoms with Crippen LogP contribution in [0.2, 0.25) is 10.0 Å². The minimum Gasteiger partial charge on any atom is -0.482 e. The lowest BCUT2D eigenvalue weighted by Gasteiger charge is -2.08. The van der Waals surface area contributed by atoms with Gasteiger partial charge in [-0.2, -0.15) is 0 Å². The van der Waals surface area contributed by atoms with Crippen LogP contribution >= 0.6 is 23.2 Å². The lowest BCUT2D eigenvalue weighted by molar-refractivity contribution is -0.122. The molecule has 1 aromatic rings. The first-order chi connectivity index (χ1) is 7.65. The molecule has 0 saturated carbocycles. The van der Waals surface area contributed by atoms with Crippen molar-refractivity contribution in [3.05, 3.63) is 28.2 Å². The van der Waals surface area contributed by atoms with Gasteiger partial charge in [0.1, 0.15) is 10.8 Å². The van der Waals surface area contributed by atoms with Crippen LogP contribution in [0.1, 0.15) is 0 Å². The van der Waals surface area contributed by atoms with Gasteiger partial charge in [-0.15, -0.1) is 6.42 Å². The first-order valence-electron chi connectivity index (χ1n) is 4.42. The van der Waals surface area contributed by atoms with Crippen LogP contribution in [0.15, 0.2) is 18.2 Å². The summed E-state index contributed by atoms with van der Waals surface area (Å²) in [6.45, 7) is 0.0210. The largest absolute Gasteiger partial charge is 0.482 e. The van der Waals surface area contributed by atoms with E-state index in [0.29, 0.717) is 10.8 Å². The van der Waals surface area contributed by atoms with E-state index in [9.17, 15) is 4.79 Å². The lowest BCUT2D eigenvalue weighted by Crippen LogP contribution is -2.29. The van der Waals surface area contributed by atoms with Crippen molar-refractivity contribution >= 4 is 29.1 Å². The molecule has 1 aromatic carbocycles. The van der Waals surface area contributed by atoms with E-state index in [1.54, 1.807) is 18.2 Å². The van der Waals surface area contributed by atoms with Crippen LogP contribution in [0.5, 0.6) is 5.75 Å². The number of nitrogens with one attached hydrogen (secondary N) is 1. The van der Waals surface area contributed by atoms with Gasteiger partial charge >= 0.3 is 0 Å². The van der Waals surface area contributed by atoms with E-state index in [2.05, 4.69) is 11.2 Å². The van der Waals surface area contributed by atoms with Gasteiger partial charge in [-0.25, -0.2) is 0 Å². The van der Waals surface area contributed by atoms with Crippen molar-refractivity contribution in [3.8, 4) is 18.1 Å². The maximum Gasteiger partial charge on any atom is 0.258 e. The van der Waals surface area contributed by atoms with Gasteiger partial charge < -0.3 is 10.1 Å². The summed E-state index contributed by atoms with van der Waals surface area (Å²) < 4.78 is 5.18. The molecule has 0 spiro atoms. The van der Waals surface area contributed by atoms with Crippen LogP contribution in [0.4, 0.5) is 0 Å². The fourth-order valence-corrected chi connectivity index (χ4v) is 1.29. The number of ether oxygens (including phenoxy) is 1. The number of hydrogen-bond acceptors (Lipinski definition) is 2. The molecular formula is C11H9Cl2NO2. The topological polar surface area (TPSA) is 38.3 Å². The second kappa shape index (κ2) is 6.26. The van der Waals surface area contributed by atoms with E-state index in [-0.39, 0.29) is 24.1 Å². The van der Waals surface area contributed by atoms with Gasteiger partial charge in [0.25, 0.3) is 5.91 Å². The van der Waals surface area contributed by atoms with E-state index < -0.39 is 0 Å². The molecule has 0 aromatic heterocycles. The first kappa shape index (κ1) is 12.7. The Morgan fingerprint density at radius 2 is 2.25 bits per heavy atom. The van der Waals surface area contributed by atoms with Crippen LogP contribution in [0.25, 0.3) is 0 Å². The van der Waals surface area contributed by atoms with Gasteiger partial charge in [-0.05, 0) is 12.1 Å². The summed E-state index contributed by atoms with van der Waals surface area (Å²) >= 11 is 11.6. The van der Waals surface area contributed by atoms with Crippen molar-refractivity contribution in [3.63, 3.8) is 0 Å². The predicted molar refractivity (Wildman–Crippen MR) is 63.8 cm³/mol. The van der Waals surface area contributed by atoms with Crippen molar-refractivity contribution in [2.75, 3.05) is 13.2 Å². The molecule has 0 aliphatic heterocycles. The van der Waals surface area contributed by atoms with Crippen LogP contribution in [-0.2, 0) is 4.79 Å². The molecule has 1 N–H and O–H groups in total. The molecule has 0 aliphatic rings. The Morgan fingerprint density at radius 3 is 2.94 bits per heavy atom. The number of hydrogen-bond donors (Lipinski definition) is 1. The predicted octanol–water partition coefficient (Wildman–Crippen LogP) is 2.12. The Kier molecular flexibility index (Phi) is 4.97. The van der Waals surface area contributed by atoms with Gasteiger partial charge in [0, 0.05) is 0 Å². The number of carbonyl (C=O) groups is 1. The highest BCUT2D eigenvalue weighted by Gasteiger charge is 2.07. The molecule has 0 atom stereocenters. The molecule has 0 radical (unpaired) electrons. The van der Waals surface area contributed by atoms with Crippen molar-refractivity contribution in [2.24, 2.45) is 0 Å². The Bertz CT molecular complexity index is 426. The molecule has 3 nitrogen and oxygen atoms in total. The van der Waals surface area contributed by atoms with Gasteiger partial charge in [-0.1, -0.05) is 35.2 Å². The zero-order valence-electron chi connectivity index (χ0n) is 8.30. The molecule has 1 amide bonds. The highest BCUT2D eigenvalue weighted by molar-refractivity contribution is 6.42. The van der Waals surface area contributed by atoms with E-state index in [4.69, 9.17) is 34.4 Å². The van der Waals surface area contributed by atoms with E-state index >= 15 is 0 Å². The average Bonchev–Trinajstić information content (AvgIpc) is 2.28. The Labute approximate surface area is 104 Å². The second-order valence-electron chi connectivity index (χ2n) is 2.82. The van der Waals surface area contributed by atoms with E-state index in [1.807, 2.05) is 0 Å². The first-order valence-corrected chi connectivity index (χ1v) is 5.17. The van der Waals surface area contributed by atoms with Crippen LogP contribution in [-0.4, -0.2) is 19.1 Å². The molecule has 0 aliphatic carbocycles. The Balaban J connectivity index is 2.52. The van der Waals surface area contributed by atoms with Gasteiger partial charge in [0.2, 0.25) is 0 Å². The minimum atomic E-state index is -0.311. The third-order valence-corrected chi connectivity index (χ3v) is 2.46. The van der Waals surface area contributed by atoms with E-state index in [0.717, 1.165) is 0 Å². The van der Waals surface area contributed by atoms with Crippen molar-refractivity contribution in [1.29, 1.82) is 0 Å². The van der Waals surface area contributed by atoms with Crippen molar-refractivity contribution < 1.29 is 9.53 Å². The highest BCUT2D eigenvalue weighted by Crippen LogP contribution is 2.31. The van der Waals surface area contributed by atoms with Gasteiger partial charge in [-0.3, -0.25) is 4.79 Å². The summed E-state index contributed by atoms with van der Waals surface area (Å²) in [5.41, 5.74) is 0. The standard InChI is InChI=1S/C11H9Cl2NO2/c1-2-6-14-10(15)7-16-9-5-3-4-8(12)11(9)13/h1,3-5H,6-7H2,(H,14,15). The SMILES string of the molecule is C#CCNC(=O)COc1cccc(Cl)c1Cl. The molecule has 0 heterocycles. The molecule has 16 heavy (non-hydrogen) atoms. The van der Waals surface area contributed by atoms with Crippen LogP contribution < -0.4 is 10.1 Å². The Hall–Kier alpha value is -1.37. The smallest absolute Gasteiger partial charge is 0.258 e. The maximum atomic E-state index is 11.2. The van der Waals surface area contributed by atoms with Crippen molar-refractivity contribution in [1.82, 2.24) is 5.32 Å². The number of rotatable bonds is 4. The fourth-order valence-electron chi connectivity index (χ4n) is 0.939. The normalized spacial score (nSPS) is 9.31. The number of terminal acetylenes is 1. The third kappa shape index (κ3) is 3.65. The van der Waals surface area contributed by atoms with Crippen molar-refractivity contribution in [2.45, 2.75) is 0 Å². The maximum absolute atomic E-state index is 11.2. The van der Waals surface area contributed by atoms with Gasteiger partial charge in [0.15, 0.2) is 6.61 Å². The molecule has 0 fully saturated rings. The summed E-state index contributed by atoms with van der Waals surface area (Å²) in [5.74, 6) is 2.34. The van der Waals surface area contributed by atoms with Crippen LogP contribution in [0, 0.1) is 12.3 Å². The minimum absolute atomic E-state index is 0.151. The summed E-state index contributed by atoms with van der Waals surface area (Å²) in [6.07, 6.45) is 4.98. The number of carbonyl (C=O) groups excluding carboxylic acids is 1. The second-order valence-corrected chi connectivity index (χ2v) is 3.61. The van der Waals surface area contributed by atoms with Crippen LogP contribution in [0.3, 0.4) is 0 Å². The third-order valence-electron chi connectivity index (χ3n) is 1.66. The number of benzene rings is 1. The molecule has 5 heteroatoms. The summed E-state index contributed by atoms with van der Waals surface area (Å²) in [5, 5.41) is 3.12. The average molecular weight is 258 g/mol. The molecule has 0 unspecified atom stereocenters. The monoisotopic (exact) mass is 257 g/mol. The molecule has 0 saturated heterocycles. The molecule has 0 bridgehead atoms.